The van der Waals surface area contributed by atoms with Gasteiger partial charge in [0.1, 0.15) is 0 Å². The minimum absolute atomic E-state index is 1.17. The maximum absolute atomic E-state index is 7.74. The SMILES string of the molecule is NP(c1ccccc1)(c1ccccc1)(c1ccccc1)c1ccccc1. The molecular formula is C24H22NP. The molecule has 2 heteroatoms. The molecule has 4 aromatic carbocycles. The van der Waals surface area contributed by atoms with E-state index in [-0.39, 0.29) is 0 Å². The Morgan fingerprint density at radius 3 is 0.731 bits per heavy atom. The van der Waals surface area contributed by atoms with Crippen LogP contribution in [-0.4, -0.2) is 0 Å². The van der Waals surface area contributed by atoms with Gasteiger partial charge in [0, 0.05) is 0 Å². The minimum atomic E-state index is -3.32. The van der Waals surface area contributed by atoms with Gasteiger partial charge in [0.2, 0.25) is 0 Å². The van der Waals surface area contributed by atoms with Gasteiger partial charge in [-0.2, -0.15) is 0 Å². The van der Waals surface area contributed by atoms with Crippen molar-refractivity contribution in [2.75, 3.05) is 0 Å². The van der Waals surface area contributed by atoms with Gasteiger partial charge in [-0.1, -0.05) is 0 Å². The molecule has 26 heavy (non-hydrogen) atoms. The van der Waals surface area contributed by atoms with E-state index in [1.165, 1.54) is 21.2 Å². The van der Waals surface area contributed by atoms with Gasteiger partial charge in [0.05, 0.1) is 0 Å². The molecule has 0 atom stereocenters. The summed E-state index contributed by atoms with van der Waals surface area (Å²) in [4.78, 5) is 0. The van der Waals surface area contributed by atoms with Crippen LogP contribution in [0.15, 0.2) is 121 Å². The Morgan fingerprint density at radius 2 is 0.538 bits per heavy atom. The predicted octanol–water partition coefficient (Wildman–Crippen LogP) is 3.72. The maximum atomic E-state index is 7.74. The van der Waals surface area contributed by atoms with Gasteiger partial charge in [0.15, 0.2) is 0 Å². The summed E-state index contributed by atoms with van der Waals surface area (Å²) < 4.78 is 0. The predicted molar refractivity (Wildman–Crippen MR) is 115 cm³/mol. The van der Waals surface area contributed by atoms with Crippen LogP contribution in [0.1, 0.15) is 0 Å². The van der Waals surface area contributed by atoms with E-state index >= 15 is 0 Å². The molecule has 0 saturated carbocycles. The van der Waals surface area contributed by atoms with Crippen molar-refractivity contribution in [1.82, 2.24) is 0 Å². The number of rotatable bonds is 4. The number of benzene rings is 4. The molecule has 0 aliphatic carbocycles. The molecule has 0 fully saturated rings. The van der Waals surface area contributed by atoms with Crippen LogP contribution in [0.25, 0.3) is 0 Å². The van der Waals surface area contributed by atoms with E-state index in [9.17, 15) is 0 Å². The first kappa shape index (κ1) is 16.7. The monoisotopic (exact) mass is 355 g/mol. The Labute approximate surface area is 155 Å². The molecule has 4 aromatic rings. The zero-order valence-corrected chi connectivity index (χ0v) is 15.5. The van der Waals surface area contributed by atoms with Gasteiger partial charge >= 0.3 is 155 Å². The molecule has 0 saturated heterocycles. The molecule has 2 N–H and O–H groups in total. The van der Waals surface area contributed by atoms with Crippen molar-refractivity contribution in [3.63, 3.8) is 0 Å². The molecule has 0 aliphatic heterocycles. The van der Waals surface area contributed by atoms with Crippen LogP contribution in [-0.2, 0) is 0 Å². The van der Waals surface area contributed by atoms with E-state index in [2.05, 4.69) is 97.1 Å². The fourth-order valence-corrected chi connectivity index (χ4v) is 8.80. The zero-order chi connectivity index (χ0) is 17.9. The first-order valence-corrected chi connectivity index (χ1v) is 11.1. The van der Waals surface area contributed by atoms with Crippen molar-refractivity contribution in [3.05, 3.63) is 121 Å². The molecule has 0 aromatic heterocycles. The molecule has 0 aliphatic rings. The van der Waals surface area contributed by atoms with E-state index in [0.717, 1.165) is 0 Å². The van der Waals surface area contributed by atoms with E-state index < -0.39 is 6.75 Å². The van der Waals surface area contributed by atoms with E-state index in [0.29, 0.717) is 0 Å². The Morgan fingerprint density at radius 1 is 0.346 bits per heavy atom. The third-order valence-corrected chi connectivity index (χ3v) is 10.7. The number of hydrogen-bond acceptors (Lipinski definition) is 1. The molecule has 0 unspecified atom stereocenters. The van der Waals surface area contributed by atoms with Crippen LogP contribution in [0.2, 0.25) is 0 Å². The van der Waals surface area contributed by atoms with Crippen molar-refractivity contribution in [2.24, 2.45) is 5.50 Å². The zero-order valence-electron chi connectivity index (χ0n) is 14.6. The topological polar surface area (TPSA) is 26.0 Å². The summed E-state index contributed by atoms with van der Waals surface area (Å²) >= 11 is 0. The molecule has 4 rings (SSSR count). The Kier molecular flexibility index (Phi) is 4.20. The molecule has 1 nitrogen and oxygen atoms in total. The Balaban J connectivity index is 2.23. The molecular weight excluding hydrogens is 333 g/mol. The second-order valence-corrected chi connectivity index (χ2v) is 11.0. The normalized spacial score (nSPS) is 12.9. The van der Waals surface area contributed by atoms with Crippen molar-refractivity contribution in [2.45, 2.75) is 0 Å². The van der Waals surface area contributed by atoms with Gasteiger partial charge < -0.3 is 0 Å². The second kappa shape index (κ2) is 6.53. The van der Waals surface area contributed by atoms with Crippen LogP contribution in [0.5, 0.6) is 0 Å². The van der Waals surface area contributed by atoms with Crippen molar-refractivity contribution in [3.8, 4) is 0 Å². The average molecular weight is 355 g/mol. The summed E-state index contributed by atoms with van der Waals surface area (Å²) in [6.07, 6.45) is 0. The summed E-state index contributed by atoms with van der Waals surface area (Å²) in [6, 6.07) is 42.2. The first-order chi connectivity index (χ1) is 12.7. The molecule has 0 amide bonds. The standard InChI is InChI=1S/C24H22NP/c25-26(21-13-5-1-6-14-21,22-15-7-2-8-16-22,23-17-9-3-10-18-23)24-19-11-4-12-20-24/h1-20H,25H2. The van der Waals surface area contributed by atoms with Gasteiger partial charge in [-0.25, -0.2) is 0 Å². The molecule has 128 valence electrons. The third kappa shape index (κ3) is 2.33. The van der Waals surface area contributed by atoms with Gasteiger partial charge in [-0.05, 0) is 0 Å². The van der Waals surface area contributed by atoms with Crippen LogP contribution >= 0.6 is 6.75 Å². The average Bonchev–Trinajstić information content (AvgIpc) is 2.76. The second-order valence-electron chi connectivity index (χ2n) is 6.53. The quantitative estimate of drug-likeness (QED) is 0.555. The summed E-state index contributed by atoms with van der Waals surface area (Å²) in [5.41, 5.74) is 7.74. The van der Waals surface area contributed by atoms with Crippen molar-refractivity contribution < 1.29 is 0 Å². The summed E-state index contributed by atoms with van der Waals surface area (Å²) in [5.74, 6) is 0. The first-order valence-electron chi connectivity index (χ1n) is 8.80. The molecule has 0 bridgehead atoms. The molecule has 0 spiro atoms. The number of nitrogens with two attached hydrogens (primary N) is 1. The van der Waals surface area contributed by atoms with E-state index in [1.54, 1.807) is 0 Å². The summed E-state index contributed by atoms with van der Waals surface area (Å²) in [7, 11) is 0. The van der Waals surface area contributed by atoms with Crippen molar-refractivity contribution >= 4 is 28.0 Å². The van der Waals surface area contributed by atoms with Crippen LogP contribution in [0.3, 0.4) is 0 Å². The van der Waals surface area contributed by atoms with E-state index in [4.69, 9.17) is 5.50 Å². The van der Waals surface area contributed by atoms with Crippen LogP contribution < -0.4 is 26.7 Å². The Bertz CT molecular complexity index is 814. The Hall–Kier alpha value is -2.73. The fraction of sp³-hybridized carbons (Fsp3) is 0. The third-order valence-electron chi connectivity index (χ3n) is 5.17. The summed E-state index contributed by atoms with van der Waals surface area (Å²) in [6.45, 7) is -3.32. The van der Waals surface area contributed by atoms with E-state index in [1.807, 2.05) is 24.3 Å². The molecule has 0 heterocycles. The molecule has 0 radical (unpaired) electrons. The summed E-state index contributed by atoms with van der Waals surface area (Å²) in [5, 5.41) is 4.67. The van der Waals surface area contributed by atoms with Gasteiger partial charge in [-0.3, -0.25) is 0 Å². The van der Waals surface area contributed by atoms with Gasteiger partial charge in [-0.15, -0.1) is 0 Å². The fourth-order valence-electron chi connectivity index (χ4n) is 3.85. The van der Waals surface area contributed by atoms with Gasteiger partial charge in [0.25, 0.3) is 0 Å². The van der Waals surface area contributed by atoms with Crippen LogP contribution in [0, 0.1) is 0 Å². The van der Waals surface area contributed by atoms with Crippen molar-refractivity contribution in [1.29, 1.82) is 0 Å². The van der Waals surface area contributed by atoms with Crippen LogP contribution in [0.4, 0.5) is 0 Å². The number of hydrogen-bond donors (Lipinski definition) is 1.